The Labute approximate surface area is 149 Å². The first kappa shape index (κ1) is 18.3. The first-order valence-corrected chi connectivity index (χ1v) is 8.55. The number of carbonyl (C=O) groups is 1. The van der Waals surface area contributed by atoms with Crippen molar-refractivity contribution in [1.82, 2.24) is 15.5 Å². The Hall–Kier alpha value is -2.08. The fraction of sp³-hybridized carbons (Fsp3) is 0.444. The van der Waals surface area contributed by atoms with Gasteiger partial charge in [0.15, 0.2) is 5.11 Å². The molecule has 1 amide bonds. The molecule has 130 valence electrons. The van der Waals surface area contributed by atoms with E-state index in [1.54, 1.807) is 7.11 Å². The van der Waals surface area contributed by atoms with Crippen LogP contribution >= 0.6 is 12.2 Å². The molecule has 0 spiro atoms. The zero-order valence-corrected chi connectivity index (χ0v) is 15.7. The van der Waals surface area contributed by atoms with Crippen LogP contribution in [0.4, 0.5) is 0 Å². The van der Waals surface area contributed by atoms with Crippen molar-refractivity contribution in [3.8, 4) is 5.75 Å². The summed E-state index contributed by atoms with van der Waals surface area (Å²) in [6.45, 7) is 9.18. The molecule has 1 aliphatic heterocycles. The minimum Gasteiger partial charge on any atom is -0.496 e. The van der Waals surface area contributed by atoms with Crippen LogP contribution in [0.3, 0.4) is 0 Å². The van der Waals surface area contributed by atoms with Crippen molar-refractivity contribution in [1.29, 1.82) is 0 Å². The molecule has 1 aliphatic rings. The molecule has 0 unspecified atom stereocenters. The van der Waals surface area contributed by atoms with Gasteiger partial charge in [-0.05, 0) is 57.1 Å². The summed E-state index contributed by atoms with van der Waals surface area (Å²) in [5.41, 5.74) is 3.49. The summed E-state index contributed by atoms with van der Waals surface area (Å²) in [6.07, 6.45) is 0. The van der Waals surface area contributed by atoms with Gasteiger partial charge in [0.2, 0.25) is 0 Å². The minimum absolute atomic E-state index is 0.0181. The largest absolute Gasteiger partial charge is 0.496 e. The highest BCUT2D eigenvalue weighted by atomic mass is 32.1. The van der Waals surface area contributed by atoms with E-state index < -0.39 is 0 Å². The highest BCUT2D eigenvalue weighted by Gasteiger charge is 2.32. The van der Waals surface area contributed by atoms with Crippen LogP contribution in [0.2, 0.25) is 0 Å². The van der Waals surface area contributed by atoms with Crippen molar-refractivity contribution in [3.05, 3.63) is 40.6 Å². The first-order chi connectivity index (χ1) is 11.4. The number of aryl methyl sites for hydroxylation is 1. The standard InChI is InChI=1S/C18H25N3O2S/c1-6-21(7-2)17(22)15-12(4)19-18(24)20-16(15)13-9-8-11(3)14(10-13)23-5/h8-10,16H,6-7H2,1-5H3,(H2,19,20,24)/t16-/m1/s1. The molecule has 0 saturated carbocycles. The number of likely N-dealkylation sites (N-methyl/N-ethyl adjacent to an activating group) is 1. The normalized spacial score (nSPS) is 17.2. The van der Waals surface area contributed by atoms with Crippen LogP contribution in [0, 0.1) is 6.92 Å². The van der Waals surface area contributed by atoms with E-state index in [0.717, 1.165) is 22.6 Å². The van der Waals surface area contributed by atoms with E-state index in [-0.39, 0.29) is 11.9 Å². The van der Waals surface area contributed by atoms with Gasteiger partial charge >= 0.3 is 0 Å². The van der Waals surface area contributed by atoms with Gasteiger partial charge in [-0.15, -0.1) is 0 Å². The van der Waals surface area contributed by atoms with Crippen molar-refractivity contribution in [3.63, 3.8) is 0 Å². The van der Waals surface area contributed by atoms with Gasteiger partial charge in [0.25, 0.3) is 5.91 Å². The number of hydrogen-bond acceptors (Lipinski definition) is 3. The summed E-state index contributed by atoms with van der Waals surface area (Å²) in [7, 11) is 1.65. The van der Waals surface area contributed by atoms with E-state index in [9.17, 15) is 4.79 Å². The molecule has 1 aromatic rings. The Morgan fingerprint density at radius 1 is 1.29 bits per heavy atom. The summed E-state index contributed by atoms with van der Waals surface area (Å²) in [5.74, 6) is 0.815. The Morgan fingerprint density at radius 3 is 2.54 bits per heavy atom. The molecule has 2 N–H and O–H groups in total. The van der Waals surface area contributed by atoms with Gasteiger partial charge in [0.05, 0.1) is 18.7 Å². The summed E-state index contributed by atoms with van der Waals surface area (Å²) in [5, 5.41) is 6.82. The van der Waals surface area contributed by atoms with Gasteiger partial charge in [-0.25, -0.2) is 0 Å². The van der Waals surface area contributed by atoms with Gasteiger partial charge in [0, 0.05) is 18.8 Å². The van der Waals surface area contributed by atoms with Crippen molar-refractivity contribution in [2.24, 2.45) is 0 Å². The molecule has 5 nitrogen and oxygen atoms in total. The van der Waals surface area contributed by atoms with Gasteiger partial charge in [-0.2, -0.15) is 0 Å². The number of ether oxygens (including phenoxy) is 1. The number of allylic oxidation sites excluding steroid dienone is 1. The fourth-order valence-corrected chi connectivity index (χ4v) is 3.20. The molecule has 0 saturated heterocycles. The lowest BCUT2D eigenvalue weighted by atomic mass is 9.93. The molecule has 24 heavy (non-hydrogen) atoms. The number of rotatable bonds is 5. The SMILES string of the molecule is CCN(CC)C(=O)C1=C(C)NC(=S)N[C@@H]1c1ccc(C)c(OC)c1. The number of thiocarbonyl (C=S) groups is 1. The predicted molar refractivity (Wildman–Crippen MR) is 100.0 cm³/mol. The molecule has 0 bridgehead atoms. The number of hydrogen-bond donors (Lipinski definition) is 2. The number of amides is 1. The van der Waals surface area contributed by atoms with Crippen LogP contribution in [0.15, 0.2) is 29.5 Å². The molecule has 0 aromatic heterocycles. The number of carbonyl (C=O) groups excluding carboxylic acids is 1. The monoisotopic (exact) mass is 347 g/mol. The van der Waals surface area contributed by atoms with Crippen LogP contribution in [-0.4, -0.2) is 36.1 Å². The van der Waals surface area contributed by atoms with Crippen molar-refractivity contribution < 1.29 is 9.53 Å². The average molecular weight is 347 g/mol. The maximum Gasteiger partial charge on any atom is 0.253 e. The molecular formula is C18H25N3O2S. The van der Waals surface area contributed by atoms with Crippen LogP contribution in [0.1, 0.15) is 37.9 Å². The molecule has 6 heteroatoms. The zero-order chi connectivity index (χ0) is 17.9. The molecule has 0 radical (unpaired) electrons. The summed E-state index contributed by atoms with van der Waals surface area (Å²) >= 11 is 5.30. The average Bonchev–Trinajstić information content (AvgIpc) is 2.55. The second-order valence-electron chi connectivity index (χ2n) is 5.78. The lowest BCUT2D eigenvalue weighted by Gasteiger charge is -2.33. The Balaban J connectivity index is 2.50. The Bertz CT molecular complexity index is 681. The fourth-order valence-electron chi connectivity index (χ4n) is 2.92. The smallest absolute Gasteiger partial charge is 0.253 e. The number of nitrogens with one attached hydrogen (secondary N) is 2. The quantitative estimate of drug-likeness (QED) is 0.802. The maximum absolute atomic E-state index is 13.0. The van der Waals surface area contributed by atoms with E-state index in [1.165, 1.54) is 0 Å². The maximum atomic E-state index is 13.0. The zero-order valence-electron chi connectivity index (χ0n) is 14.9. The third kappa shape index (κ3) is 3.53. The predicted octanol–water partition coefficient (Wildman–Crippen LogP) is 2.66. The highest BCUT2D eigenvalue weighted by Crippen LogP contribution is 2.31. The molecule has 1 atom stereocenters. The summed E-state index contributed by atoms with van der Waals surface area (Å²) in [6, 6.07) is 5.67. The molecular weight excluding hydrogens is 322 g/mol. The Kier molecular flexibility index (Phi) is 5.83. The van der Waals surface area contributed by atoms with Crippen LogP contribution < -0.4 is 15.4 Å². The van der Waals surface area contributed by atoms with Gasteiger partial charge in [-0.3, -0.25) is 4.79 Å². The molecule has 2 rings (SSSR count). The van der Waals surface area contributed by atoms with E-state index in [2.05, 4.69) is 10.6 Å². The van der Waals surface area contributed by atoms with Crippen LogP contribution in [-0.2, 0) is 4.79 Å². The molecule has 0 aliphatic carbocycles. The summed E-state index contributed by atoms with van der Waals surface area (Å²) < 4.78 is 5.43. The first-order valence-electron chi connectivity index (χ1n) is 8.14. The van der Waals surface area contributed by atoms with E-state index >= 15 is 0 Å². The molecule has 1 heterocycles. The van der Waals surface area contributed by atoms with Crippen molar-refractivity contribution in [2.45, 2.75) is 33.7 Å². The van der Waals surface area contributed by atoms with Gasteiger partial charge < -0.3 is 20.3 Å². The van der Waals surface area contributed by atoms with Gasteiger partial charge in [-0.1, -0.05) is 12.1 Å². The second-order valence-corrected chi connectivity index (χ2v) is 6.18. The van der Waals surface area contributed by atoms with E-state index in [4.69, 9.17) is 17.0 Å². The van der Waals surface area contributed by atoms with Gasteiger partial charge in [0.1, 0.15) is 5.75 Å². The van der Waals surface area contributed by atoms with Crippen molar-refractivity contribution >= 4 is 23.2 Å². The van der Waals surface area contributed by atoms with E-state index in [1.807, 2.05) is 50.8 Å². The van der Waals surface area contributed by atoms with E-state index in [0.29, 0.717) is 23.8 Å². The van der Waals surface area contributed by atoms with Crippen LogP contribution in [0.25, 0.3) is 0 Å². The third-order valence-corrected chi connectivity index (χ3v) is 4.54. The lowest BCUT2D eigenvalue weighted by molar-refractivity contribution is -0.127. The molecule has 1 aromatic carbocycles. The number of nitrogens with zero attached hydrogens (tertiary/aromatic N) is 1. The summed E-state index contributed by atoms with van der Waals surface area (Å²) in [4.78, 5) is 14.8. The molecule has 0 fully saturated rings. The van der Waals surface area contributed by atoms with Crippen LogP contribution in [0.5, 0.6) is 5.75 Å². The minimum atomic E-state index is -0.290. The topological polar surface area (TPSA) is 53.6 Å². The van der Waals surface area contributed by atoms with Crippen molar-refractivity contribution in [2.75, 3.05) is 20.2 Å². The number of benzene rings is 1. The number of methoxy groups -OCH3 is 1. The Morgan fingerprint density at radius 2 is 1.96 bits per heavy atom. The lowest BCUT2D eigenvalue weighted by Crippen LogP contribution is -2.47. The third-order valence-electron chi connectivity index (χ3n) is 4.32. The highest BCUT2D eigenvalue weighted by molar-refractivity contribution is 7.80. The second kappa shape index (κ2) is 7.66.